The number of carbonyl (C=O) groups is 1. The molecule has 1 heterocycles. The molecule has 0 bridgehead atoms. The summed E-state index contributed by atoms with van der Waals surface area (Å²) in [6.45, 7) is 1.91. The first-order valence-electron chi connectivity index (χ1n) is 6.41. The molecule has 6 heteroatoms. The first-order chi connectivity index (χ1) is 10.5. The summed E-state index contributed by atoms with van der Waals surface area (Å²) in [4.78, 5) is 12.7. The molecule has 0 aliphatic heterocycles. The van der Waals surface area contributed by atoms with Crippen molar-refractivity contribution in [2.24, 2.45) is 0 Å². The maximum Gasteiger partial charge on any atom is 0.267 e. The molecule has 1 amide bonds. The fourth-order valence-corrected chi connectivity index (χ4v) is 3.81. The van der Waals surface area contributed by atoms with E-state index in [9.17, 15) is 9.18 Å². The monoisotopic (exact) mass is 353 g/mol. The standard InChI is InChI=1S/C16H10Cl2FNOS/c1-8-2-5-12(11(17)6-8)20-16(21)15-14(18)10-4-3-9(19)7-13(10)22-15/h2-7H,1H3,(H,20,21). The van der Waals surface area contributed by atoms with Crippen LogP contribution in [0.25, 0.3) is 10.1 Å². The Morgan fingerprint density at radius 2 is 1.95 bits per heavy atom. The second kappa shape index (κ2) is 5.88. The Bertz CT molecular complexity index is 891. The molecule has 112 valence electrons. The largest absolute Gasteiger partial charge is 0.320 e. The van der Waals surface area contributed by atoms with Crippen LogP contribution in [-0.2, 0) is 0 Å². The number of hydrogen-bond acceptors (Lipinski definition) is 2. The van der Waals surface area contributed by atoms with Gasteiger partial charge in [-0.05, 0) is 42.8 Å². The van der Waals surface area contributed by atoms with Crippen LogP contribution in [0.2, 0.25) is 10.0 Å². The molecule has 0 saturated heterocycles. The molecule has 3 aromatic rings. The maximum absolute atomic E-state index is 13.3. The lowest BCUT2D eigenvalue weighted by Gasteiger charge is -2.07. The summed E-state index contributed by atoms with van der Waals surface area (Å²) < 4.78 is 13.9. The van der Waals surface area contributed by atoms with E-state index in [1.54, 1.807) is 18.2 Å². The molecule has 1 N–H and O–H groups in total. The van der Waals surface area contributed by atoms with Crippen molar-refractivity contribution in [2.75, 3.05) is 5.32 Å². The summed E-state index contributed by atoms with van der Waals surface area (Å²) >= 11 is 13.5. The molecule has 1 aromatic heterocycles. The molecule has 2 nitrogen and oxygen atoms in total. The van der Waals surface area contributed by atoms with Crippen molar-refractivity contribution in [1.29, 1.82) is 0 Å². The summed E-state index contributed by atoms with van der Waals surface area (Å²) in [6.07, 6.45) is 0. The van der Waals surface area contributed by atoms with Gasteiger partial charge in [-0.15, -0.1) is 11.3 Å². The van der Waals surface area contributed by atoms with Gasteiger partial charge < -0.3 is 5.32 Å². The molecule has 0 aliphatic rings. The molecule has 0 unspecified atom stereocenters. The van der Waals surface area contributed by atoms with Crippen LogP contribution in [0.3, 0.4) is 0 Å². The molecular weight excluding hydrogens is 344 g/mol. The number of carbonyl (C=O) groups excluding carboxylic acids is 1. The molecule has 3 rings (SSSR count). The minimum atomic E-state index is -0.364. The van der Waals surface area contributed by atoms with Gasteiger partial charge in [0.05, 0.1) is 15.7 Å². The average molecular weight is 354 g/mol. The highest BCUT2D eigenvalue weighted by molar-refractivity contribution is 7.21. The normalized spacial score (nSPS) is 10.9. The highest BCUT2D eigenvalue weighted by Gasteiger charge is 2.18. The molecule has 0 spiro atoms. The number of benzene rings is 2. The molecule has 2 aromatic carbocycles. The minimum absolute atomic E-state index is 0.320. The van der Waals surface area contributed by atoms with Crippen LogP contribution >= 0.6 is 34.5 Å². The van der Waals surface area contributed by atoms with E-state index < -0.39 is 0 Å². The number of amides is 1. The van der Waals surface area contributed by atoms with Crippen LogP contribution in [0, 0.1) is 12.7 Å². The van der Waals surface area contributed by atoms with E-state index in [0.29, 0.717) is 30.7 Å². The summed E-state index contributed by atoms with van der Waals surface area (Å²) in [5.74, 6) is -0.726. The lowest BCUT2D eigenvalue weighted by atomic mass is 10.2. The first-order valence-corrected chi connectivity index (χ1v) is 7.98. The van der Waals surface area contributed by atoms with Crippen LogP contribution in [-0.4, -0.2) is 5.91 Å². The Morgan fingerprint density at radius 1 is 1.18 bits per heavy atom. The van der Waals surface area contributed by atoms with Crippen molar-refractivity contribution in [1.82, 2.24) is 0 Å². The predicted octanol–water partition coefficient (Wildman–Crippen LogP) is 5.91. The van der Waals surface area contributed by atoms with Crippen molar-refractivity contribution in [3.05, 3.63) is 62.7 Å². The molecular formula is C16H10Cl2FNOS. The molecule has 22 heavy (non-hydrogen) atoms. The number of anilines is 1. The van der Waals surface area contributed by atoms with E-state index in [1.807, 2.05) is 13.0 Å². The Kier molecular flexibility index (Phi) is 4.08. The fraction of sp³-hybridized carbons (Fsp3) is 0.0625. The third kappa shape index (κ3) is 2.82. The van der Waals surface area contributed by atoms with E-state index >= 15 is 0 Å². The van der Waals surface area contributed by atoms with E-state index in [1.165, 1.54) is 12.1 Å². The average Bonchev–Trinajstić information content (AvgIpc) is 2.78. The van der Waals surface area contributed by atoms with Crippen molar-refractivity contribution in [3.8, 4) is 0 Å². The van der Waals surface area contributed by atoms with Crippen molar-refractivity contribution in [3.63, 3.8) is 0 Å². The SMILES string of the molecule is Cc1ccc(NC(=O)c2sc3cc(F)ccc3c2Cl)c(Cl)c1. The van der Waals surface area contributed by atoms with E-state index in [4.69, 9.17) is 23.2 Å². The fourth-order valence-electron chi connectivity index (χ4n) is 2.09. The second-order valence-corrected chi connectivity index (χ2v) is 6.66. The predicted molar refractivity (Wildman–Crippen MR) is 90.9 cm³/mol. The molecule has 0 aliphatic carbocycles. The van der Waals surface area contributed by atoms with Gasteiger partial charge in [-0.1, -0.05) is 29.3 Å². The van der Waals surface area contributed by atoms with Gasteiger partial charge in [-0.3, -0.25) is 4.79 Å². The first kappa shape index (κ1) is 15.3. The molecule has 0 saturated carbocycles. The topological polar surface area (TPSA) is 29.1 Å². The summed E-state index contributed by atoms with van der Waals surface area (Å²) in [5.41, 5.74) is 1.51. The quantitative estimate of drug-likeness (QED) is 0.609. The van der Waals surface area contributed by atoms with Gasteiger partial charge in [0.1, 0.15) is 10.7 Å². The van der Waals surface area contributed by atoms with Gasteiger partial charge >= 0.3 is 0 Å². The van der Waals surface area contributed by atoms with Crippen LogP contribution in [0.4, 0.5) is 10.1 Å². The number of fused-ring (bicyclic) bond motifs is 1. The van der Waals surface area contributed by atoms with Crippen LogP contribution in [0.1, 0.15) is 15.2 Å². The summed E-state index contributed by atoms with van der Waals surface area (Å²) in [6, 6.07) is 9.60. The van der Waals surface area contributed by atoms with Crippen LogP contribution in [0.15, 0.2) is 36.4 Å². The Morgan fingerprint density at radius 3 is 2.68 bits per heavy atom. The maximum atomic E-state index is 13.3. The Hall–Kier alpha value is -1.62. The van der Waals surface area contributed by atoms with E-state index in [-0.39, 0.29) is 11.7 Å². The van der Waals surface area contributed by atoms with E-state index in [0.717, 1.165) is 16.9 Å². The molecule has 0 radical (unpaired) electrons. The van der Waals surface area contributed by atoms with Crippen molar-refractivity contribution < 1.29 is 9.18 Å². The number of hydrogen-bond donors (Lipinski definition) is 1. The lowest BCUT2D eigenvalue weighted by Crippen LogP contribution is -2.11. The highest BCUT2D eigenvalue weighted by atomic mass is 35.5. The van der Waals surface area contributed by atoms with Gasteiger partial charge in [0.15, 0.2) is 0 Å². The van der Waals surface area contributed by atoms with Crippen LogP contribution in [0.5, 0.6) is 0 Å². The number of thiophene rings is 1. The van der Waals surface area contributed by atoms with Gasteiger partial charge in [-0.25, -0.2) is 4.39 Å². The number of aryl methyl sites for hydroxylation is 1. The van der Waals surface area contributed by atoms with E-state index in [2.05, 4.69) is 5.32 Å². The van der Waals surface area contributed by atoms with Gasteiger partial charge in [0.2, 0.25) is 0 Å². The van der Waals surface area contributed by atoms with Gasteiger partial charge in [-0.2, -0.15) is 0 Å². The van der Waals surface area contributed by atoms with Gasteiger partial charge in [0, 0.05) is 10.1 Å². The van der Waals surface area contributed by atoms with Crippen LogP contribution < -0.4 is 5.32 Å². The zero-order valence-electron chi connectivity index (χ0n) is 11.4. The van der Waals surface area contributed by atoms with Gasteiger partial charge in [0.25, 0.3) is 5.91 Å². The third-order valence-electron chi connectivity index (χ3n) is 3.17. The Labute approximate surface area is 140 Å². The lowest BCUT2D eigenvalue weighted by molar-refractivity contribution is 0.103. The number of nitrogens with one attached hydrogen (secondary N) is 1. The highest BCUT2D eigenvalue weighted by Crippen LogP contribution is 2.36. The molecule has 0 fully saturated rings. The summed E-state index contributed by atoms with van der Waals surface area (Å²) in [5, 5.41) is 4.17. The number of halogens is 3. The smallest absolute Gasteiger partial charge is 0.267 e. The van der Waals surface area contributed by atoms with Crippen molar-refractivity contribution >= 4 is 56.2 Å². The second-order valence-electron chi connectivity index (χ2n) is 4.82. The number of rotatable bonds is 2. The zero-order chi connectivity index (χ0) is 15.9. The Balaban J connectivity index is 1.97. The summed E-state index contributed by atoms with van der Waals surface area (Å²) in [7, 11) is 0. The van der Waals surface area contributed by atoms with Crippen molar-refractivity contribution in [2.45, 2.75) is 6.92 Å². The zero-order valence-corrected chi connectivity index (χ0v) is 13.7. The molecule has 0 atom stereocenters. The minimum Gasteiger partial charge on any atom is -0.320 e. The third-order valence-corrected chi connectivity index (χ3v) is 5.14.